The lowest BCUT2D eigenvalue weighted by Crippen LogP contribution is -2.62. The zero-order valence-electron chi connectivity index (χ0n) is 16.0. The van der Waals surface area contributed by atoms with Crippen LogP contribution in [0.2, 0.25) is 0 Å². The number of rotatable bonds is 6. The topological polar surface area (TPSA) is 87.1 Å². The van der Waals surface area contributed by atoms with Gasteiger partial charge in [-0.05, 0) is 59.3 Å². The van der Waals surface area contributed by atoms with Gasteiger partial charge >= 0.3 is 11.9 Å². The molecule has 1 aliphatic carbocycles. The molecule has 2 rings (SSSR count). The average Bonchev–Trinajstić information content (AvgIpc) is 2.48. The van der Waals surface area contributed by atoms with Gasteiger partial charge in [-0.1, -0.05) is 19.3 Å². The van der Waals surface area contributed by atoms with Gasteiger partial charge in [0.1, 0.15) is 0 Å². The van der Waals surface area contributed by atoms with Crippen LogP contribution in [0.4, 0.5) is 0 Å². The Bertz CT molecular complexity index is 478. The Kier molecular flexibility index (Phi) is 6.15. The second kappa shape index (κ2) is 7.62. The van der Waals surface area contributed by atoms with Gasteiger partial charge in [0.25, 0.3) is 0 Å². The fourth-order valence-corrected chi connectivity index (χ4v) is 4.87. The Hall–Kier alpha value is -1.14. The van der Waals surface area contributed by atoms with E-state index in [0.717, 1.165) is 12.8 Å². The quantitative estimate of drug-likeness (QED) is 0.755. The maximum atomic E-state index is 11.6. The van der Waals surface area contributed by atoms with Gasteiger partial charge in [-0.3, -0.25) is 14.4 Å². The van der Waals surface area contributed by atoms with E-state index in [1.807, 2.05) is 0 Å². The summed E-state index contributed by atoms with van der Waals surface area (Å²) in [4.78, 5) is 29.2. The molecule has 2 fully saturated rings. The molecule has 2 aliphatic rings. The van der Waals surface area contributed by atoms with Crippen molar-refractivity contribution in [3.8, 4) is 0 Å². The molecule has 0 spiro atoms. The first kappa shape index (κ1) is 20.2. The third-order valence-electron chi connectivity index (χ3n) is 5.71. The number of nitrogens with zero attached hydrogens (tertiary/aromatic N) is 1. The van der Waals surface area contributed by atoms with Crippen molar-refractivity contribution < 1.29 is 24.6 Å². The first-order valence-electron chi connectivity index (χ1n) is 9.44. The van der Waals surface area contributed by atoms with E-state index in [9.17, 15) is 14.7 Å². The molecule has 1 saturated heterocycles. The van der Waals surface area contributed by atoms with Gasteiger partial charge in [-0.15, -0.1) is 0 Å². The van der Waals surface area contributed by atoms with Gasteiger partial charge in [0, 0.05) is 11.1 Å². The Morgan fingerprint density at radius 3 is 2.00 bits per heavy atom. The zero-order valence-corrected chi connectivity index (χ0v) is 16.0. The molecule has 25 heavy (non-hydrogen) atoms. The van der Waals surface area contributed by atoms with E-state index in [2.05, 4.69) is 32.8 Å². The third-order valence-corrected chi connectivity index (χ3v) is 5.71. The second-order valence-corrected chi connectivity index (χ2v) is 9.00. The van der Waals surface area contributed by atoms with Crippen LogP contribution in [0.3, 0.4) is 0 Å². The first-order chi connectivity index (χ1) is 11.5. The lowest BCUT2D eigenvalue weighted by atomic mass is 9.69. The average molecular weight is 355 g/mol. The number of carbonyl (C=O) groups is 2. The summed E-state index contributed by atoms with van der Waals surface area (Å²) in [6.45, 7) is 8.29. The lowest BCUT2D eigenvalue weighted by molar-refractivity contribution is -0.315. The Balaban J connectivity index is 2.16. The Morgan fingerprint density at radius 1 is 1.04 bits per heavy atom. The highest BCUT2D eigenvalue weighted by atomic mass is 16.7. The van der Waals surface area contributed by atoms with Gasteiger partial charge in [0.05, 0.1) is 18.4 Å². The Morgan fingerprint density at radius 2 is 1.56 bits per heavy atom. The van der Waals surface area contributed by atoms with Gasteiger partial charge in [-0.2, -0.15) is 5.06 Å². The summed E-state index contributed by atoms with van der Waals surface area (Å²) in [6.07, 6.45) is 6.95. The summed E-state index contributed by atoms with van der Waals surface area (Å²) in [5.41, 5.74) is -0.674. The van der Waals surface area contributed by atoms with Crippen LogP contribution < -0.4 is 0 Å². The maximum Gasteiger partial charge on any atom is 0.307 e. The molecule has 0 aromatic heterocycles. The SMILES string of the molecule is CC1(C)CC(C(CC(=O)O)C(=O)O)CC(C)(C)N1OC1CCCCC1. The highest BCUT2D eigenvalue weighted by molar-refractivity contribution is 5.78. The van der Waals surface area contributed by atoms with Crippen LogP contribution in [0.15, 0.2) is 0 Å². The fourth-order valence-electron chi connectivity index (χ4n) is 4.87. The minimum atomic E-state index is -1.05. The van der Waals surface area contributed by atoms with Gasteiger partial charge in [0.2, 0.25) is 0 Å². The molecule has 1 saturated carbocycles. The minimum Gasteiger partial charge on any atom is -0.481 e. The molecule has 6 heteroatoms. The summed E-state index contributed by atoms with van der Waals surface area (Å²) < 4.78 is 0. The van der Waals surface area contributed by atoms with E-state index < -0.39 is 17.9 Å². The molecule has 1 aliphatic heterocycles. The number of hydrogen-bond donors (Lipinski definition) is 2. The number of carboxylic acid groups (broad SMARTS) is 2. The highest BCUT2D eigenvalue weighted by Gasteiger charge is 2.50. The van der Waals surface area contributed by atoms with Crippen molar-refractivity contribution in [2.45, 2.75) is 96.2 Å². The van der Waals surface area contributed by atoms with Crippen molar-refractivity contribution >= 4 is 11.9 Å². The van der Waals surface area contributed by atoms with E-state index >= 15 is 0 Å². The van der Waals surface area contributed by atoms with Crippen LogP contribution in [0.5, 0.6) is 0 Å². The maximum absolute atomic E-state index is 11.6. The number of carboxylic acids is 2. The second-order valence-electron chi connectivity index (χ2n) is 9.00. The smallest absolute Gasteiger partial charge is 0.307 e. The van der Waals surface area contributed by atoms with E-state index in [4.69, 9.17) is 9.94 Å². The first-order valence-corrected chi connectivity index (χ1v) is 9.44. The number of hydroxylamine groups is 2. The predicted octanol–water partition coefficient (Wildman–Crippen LogP) is 3.70. The summed E-state index contributed by atoms with van der Waals surface area (Å²) >= 11 is 0. The largest absolute Gasteiger partial charge is 0.481 e. The number of hydrogen-bond acceptors (Lipinski definition) is 4. The van der Waals surface area contributed by atoms with Crippen LogP contribution in [0, 0.1) is 11.8 Å². The monoisotopic (exact) mass is 355 g/mol. The van der Waals surface area contributed by atoms with E-state index in [0.29, 0.717) is 12.8 Å². The molecular formula is C19H33NO5. The highest BCUT2D eigenvalue weighted by Crippen LogP contribution is 2.45. The lowest BCUT2D eigenvalue weighted by Gasteiger charge is -2.55. The van der Waals surface area contributed by atoms with E-state index in [1.165, 1.54) is 19.3 Å². The molecular weight excluding hydrogens is 322 g/mol. The van der Waals surface area contributed by atoms with Crippen molar-refractivity contribution in [2.75, 3.05) is 0 Å². The molecule has 0 radical (unpaired) electrons. The molecule has 1 unspecified atom stereocenters. The van der Waals surface area contributed by atoms with E-state index in [-0.39, 0.29) is 29.5 Å². The molecule has 1 heterocycles. The Labute approximate surface area is 150 Å². The number of aliphatic carboxylic acids is 2. The van der Waals surface area contributed by atoms with Crippen molar-refractivity contribution in [2.24, 2.45) is 11.8 Å². The van der Waals surface area contributed by atoms with Gasteiger partial charge in [-0.25, -0.2) is 0 Å². The summed E-state index contributed by atoms with van der Waals surface area (Å²) in [5.74, 6) is -3.10. The van der Waals surface area contributed by atoms with Gasteiger partial charge in [0.15, 0.2) is 0 Å². The fraction of sp³-hybridized carbons (Fsp3) is 0.895. The summed E-state index contributed by atoms with van der Waals surface area (Å²) in [7, 11) is 0. The number of piperidine rings is 1. The van der Waals surface area contributed by atoms with Crippen LogP contribution in [0.25, 0.3) is 0 Å². The molecule has 6 nitrogen and oxygen atoms in total. The van der Waals surface area contributed by atoms with Crippen LogP contribution >= 0.6 is 0 Å². The van der Waals surface area contributed by atoms with Gasteiger partial charge < -0.3 is 10.2 Å². The molecule has 2 N–H and O–H groups in total. The molecule has 0 amide bonds. The van der Waals surface area contributed by atoms with Crippen LogP contribution in [0.1, 0.15) is 79.1 Å². The molecule has 0 aromatic carbocycles. The molecule has 1 atom stereocenters. The van der Waals surface area contributed by atoms with Crippen LogP contribution in [-0.4, -0.2) is 44.4 Å². The molecule has 0 aromatic rings. The van der Waals surface area contributed by atoms with Crippen molar-refractivity contribution in [1.82, 2.24) is 5.06 Å². The summed E-state index contributed by atoms with van der Waals surface area (Å²) in [6, 6.07) is 0. The predicted molar refractivity (Wildman–Crippen MR) is 94.1 cm³/mol. The van der Waals surface area contributed by atoms with E-state index in [1.54, 1.807) is 0 Å². The summed E-state index contributed by atoms with van der Waals surface area (Å²) in [5, 5.41) is 20.7. The standard InChI is InChI=1S/C19H33NO5/c1-18(2)11-13(15(17(23)24)10-16(21)22)12-19(3,4)20(18)25-14-8-6-5-7-9-14/h13-15H,5-12H2,1-4H3,(H,21,22)(H,23,24). The van der Waals surface area contributed by atoms with Crippen molar-refractivity contribution in [3.05, 3.63) is 0 Å². The van der Waals surface area contributed by atoms with Crippen molar-refractivity contribution in [3.63, 3.8) is 0 Å². The van der Waals surface area contributed by atoms with Crippen molar-refractivity contribution in [1.29, 1.82) is 0 Å². The normalized spacial score (nSPS) is 26.2. The zero-order chi connectivity index (χ0) is 18.8. The van der Waals surface area contributed by atoms with Crippen LogP contribution in [-0.2, 0) is 14.4 Å². The molecule has 144 valence electrons. The molecule has 0 bridgehead atoms. The third kappa shape index (κ3) is 4.94. The minimum absolute atomic E-state index is 0.176.